The van der Waals surface area contributed by atoms with Crippen molar-refractivity contribution in [3.8, 4) is 34.5 Å². The van der Waals surface area contributed by atoms with Crippen molar-refractivity contribution in [1.29, 1.82) is 0 Å². The van der Waals surface area contributed by atoms with Gasteiger partial charge in [-0.2, -0.15) is 0 Å². The molecule has 3 aromatic rings. The Kier molecular flexibility index (Phi) is 9.89. The third-order valence-corrected chi connectivity index (χ3v) is 3.97. The van der Waals surface area contributed by atoms with E-state index < -0.39 is 0 Å². The fourth-order valence-electron chi connectivity index (χ4n) is 2.61. The number of aromatic hydroxyl groups is 6. The lowest BCUT2D eigenvalue weighted by molar-refractivity contribution is 0.437. The smallest absolute Gasteiger partial charge is 0.122 e. The third-order valence-electron chi connectivity index (χ3n) is 3.97. The van der Waals surface area contributed by atoms with Crippen LogP contribution in [0.25, 0.3) is 0 Å². The van der Waals surface area contributed by atoms with Crippen LogP contribution in [0.2, 0.25) is 0 Å². The van der Waals surface area contributed by atoms with Crippen LogP contribution in [0.15, 0.2) is 60.7 Å². The van der Waals surface area contributed by atoms with Crippen molar-refractivity contribution in [2.45, 2.75) is 39.5 Å². The summed E-state index contributed by atoms with van der Waals surface area (Å²) in [6.45, 7) is 6.17. The molecule has 30 heavy (non-hydrogen) atoms. The second kappa shape index (κ2) is 12.1. The minimum absolute atomic E-state index is 0.0148. The Hall–Kier alpha value is -3.54. The van der Waals surface area contributed by atoms with Crippen LogP contribution in [0.4, 0.5) is 0 Å². The van der Waals surface area contributed by atoms with Crippen molar-refractivity contribution in [3.05, 3.63) is 71.8 Å². The molecule has 0 bridgehead atoms. The first-order valence-corrected chi connectivity index (χ1v) is 9.68. The lowest BCUT2D eigenvalue weighted by atomic mass is 9.92. The molecule has 0 aliphatic carbocycles. The van der Waals surface area contributed by atoms with Crippen molar-refractivity contribution in [3.63, 3.8) is 0 Å². The van der Waals surface area contributed by atoms with Gasteiger partial charge < -0.3 is 30.6 Å². The second-order valence-electron chi connectivity index (χ2n) is 6.89. The van der Waals surface area contributed by atoms with E-state index in [1.54, 1.807) is 18.2 Å². The van der Waals surface area contributed by atoms with Gasteiger partial charge in [0.25, 0.3) is 0 Å². The molecule has 0 heterocycles. The van der Waals surface area contributed by atoms with Crippen LogP contribution in [0.5, 0.6) is 34.5 Å². The van der Waals surface area contributed by atoms with E-state index in [4.69, 9.17) is 10.2 Å². The van der Waals surface area contributed by atoms with Gasteiger partial charge in [0.15, 0.2) is 0 Å². The van der Waals surface area contributed by atoms with Gasteiger partial charge in [-0.3, -0.25) is 0 Å². The van der Waals surface area contributed by atoms with Crippen molar-refractivity contribution < 1.29 is 30.6 Å². The molecular formula is C24H30O6. The summed E-state index contributed by atoms with van der Waals surface area (Å²) in [5.74, 6) is 0.240. The molecule has 0 radical (unpaired) electrons. The van der Waals surface area contributed by atoms with Gasteiger partial charge in [-0.1, -0.05) is 45.4 Å². The minimum atomic E-state index is -0.0314. The normalized spacial score (nSPS) is 10.8. The van der Waals surface area contributed by atoms with E-state index in [0.29, 0.717) is 17.5 Å². The van der Waals surface area contributed by atoms with Crippen LogP contribution in [-0.4, -0.2) is 30.6 Å². The molecule has 162 valence electrons. The zero-order valence-corrected chi connectivity index (χ0v) is 17.4. The summed E-state index contributed by atoms with van der Waals surface area (Å²) in [5, 5.41) is 55.3. The lowest BCUT2D eigenvalue weighted by Crippen LogP contribution is -1.99. The summed E-state index contributed by atoms with van der Waals surface area (Å²) >= 11 is 0. The van der Waals surface area contributed by atoms with Crippen molar-refractivity contribution in [2.24, 2.45) is 0 Å². The maximum atomic E-state index is 9.79. The summed E-state index contributed by atoms with van der Waals surface area (Å²) in [7, 11) is 0. The number of phenolic OH excluding ortho intramolecular Hbond substituents is 6. The van der Waals surface area contributed by atoms with Crippen LogP contribution in [0.1, 0.15) is 44.2 Å². The van der Waals surface area contributed by atoms with E-state index in [-0.39, 0.29) is 40.4 Å². The number of hydrogen-bond donors (Lipinski definition) is 6. The van der Waals surface area contributed by atoms with Crippen molar-refractivity contribution in [1.82, 2.24) is 0 Å². The van der Waals surface area contributed by atoms with Crippen LogP contribution in [-0.2, 0) is 6.42 Å². The Morgan fingerprint density at radius 3 is 1.53 bits per heavy atom. The quantitative estimate of drug-likeness (QED) is 0.343. The molecule has 0 spiro atoms. The first-order valence-electron chi connectivity index (χ1n) is 9.68. The Morgan fingerprint density at radius 1 is 0.633 bits per heavy atom. The maximum absolute atomic E-state index is 9.79. The number of phenols is 6. The van der Waals surface area contributed by atoms with Gasteiger partial charge in [-0.15, -0.1) is 0 Å². The molecule has 6 heteroatoms. The zero-order valence-electron chi connectivity index (χ0n) is 17.4. The van der Waals surface area contributed by atoms with Gasteiger partial charge in [-0.05, 0) is 47.7 Å². The van der Waals surface area contributed by atoms with Crippen LogP contribution in [0.3, 0.4) is 0 Å². The first kappa shape index (κ1) is 24.5. The van der Waals surface area contributed by atoms with Crippen LogP contribution < -0.4 is 0 Å². The maximum Gasteiger partial charge on any atom is 0.122 e. The summed E-state index contributed by atoms with van der Waals surface area (Å²) in [6.07, 6.45) is 1.77. The monoisotopic (exact) mass is 414 g/mol. The second-order valence-corrected chi connectivity index (χ2v) is 6.89. The third kappa shape index (κ3) is 8.22. The van der Waals surface area contributed by atoms with Gasteiger partial charge >= 0.3 is 0 Å². The van der Waals surface area contributed by atoms with Crippen molar-refractivity contribution >= 4 is 0 Å². The molecule has 0 saturated carbocycles. The first-order chi connectivity index (χ1) is 14.2. The van der Waals surface area contributed by atoms with Crippen LogP contribution >= 0.6 is 0 Å². The molecule has 1 unspecified atom stereocenters. The molecule has 0 aliphatic heterocycles. The van der Waals surface area contributed by atoms with Crippen LogP contribution in [0, 0.1) is 0 Å². The molecule has 0 aromatic heterocycles. The average molecular weight is 414 g/mol. The molecule has 0 saturated heterocycles. The van der Waals surface area contributed by atoms with E-state index in [2.05, 4.69) is 13.8 Å². The average Bonchev–Trinajstić information content (AvgIpc) is 2.65. The van der Waals surface area contributed by atoms with E-state index in [0.717, 1.165) is 0 Å². The molecule has 1 atom stereocenters. The van der Waals surface area contributed by atoms with Gasteiger partial charge in [0, 0.05) is 18.2 Å². The molecule has 3 rings (SSSR count). The highest BCUT2D eigenvalue weighted by Gasteiger charge is 2.14. The van der Waals surface area contributed by atoms with E-state index in [1.807, 2.05) is 6.92 Å². The number of benzene rings is 3. The zero-order chi connectivity index (χ0) is 22.7. The highest BCUT2D eigenvalue weighted by atomic mass is 16.3. The lowest BCUT2D eigenvalue weighted by Gasteiger charge is -2.15. The number of rotatable bonds is 3. The van der Waals surface area contributed by atoms with E-state index >= 15 is 0 Å². The minimum Gasteiger partial charge on any atom is -0.508 e. The van der Waals surface area contributed by atoms with E-state index in [1.165, 1.54) is 48.9 Å². The van der Waals surface area contributed by atoms with Gasteiger partial charge in [0.1, 0.15) is 34.5 Å². The Labute approximate surface area is 177 Å². The predicted molar refractivity (Wildman–Crippen MR) is 117 cm³/mol. The summed E-state index contributed by atoms with van der Waals surface area (Å²) in [4.78, 5) is 0. The highest BCUT2D eigenvalue weighted by Crippen LogP contribution is 2.33. The Bertz CT molecular complexity index is 906. The predicted octanol–water partition coefficient (Wildman–Crippen LogP) is 5.37. The molecule has 6 nitrogen and oxygen atoms in total. The molecule has 3 aromatic carbocycles. The fraction of sp³-hybridized carbons (Fsp3) is 0.250. The molecule has 0 aliphatic rings. The molecule has 0 fully saturated rings. The SMILES string of the molecule is CC(Cc1ccc(O)cc1O)c1ccc(O)cc1O.CCC.Oc1cccc(O)c1. The largest absolute Gasteiger partial charge is 0.508 e. The van der Waals surface area contributed by atoms with Gasteiger partial charge in [0.2, 0.25) is 0 Å². The number of hydrogen-bond acceptors (Lipinski definition) is 6. The Morgan fingerprint density at radius 2 is 1.10 bits per heavy atom. The molecule has 6 N–H and O–H groups in total. The Balaban J connectivity index is 0.000000338. The summed E-state index contributed by atoms with van der Waals surface area (Å²) < 4.78 is 0. The topological polar surface area (TPSA) is 121 Å². The van der Waals surface area contributed by atoms with Gasteiger partial charge in [0.05, 0.1) is 0 Å². The standard InChI is InChI=1S/C15H16O4.C6H6O2.C3H8/c1-9(13-5-4-12(17)8-15(13)19)6-10-2-3-11(16)7-14(10)18;7-5-2-1-3-6(8)4-5;1-3-2/h2-5,7-9,16-19H,6H2,1H3;1-4,7-8H;3H2,1-2H3. The summed E-state index contributed by atoms with van der Waals surface area (Å²) in [5.41, 5.74) is 1.39. The fourth-order valence-corrected chi connectivity index (χ4v) is 2.61. The van der Waals surface area contributed by atoms with Crippen molar-refractivity contribution in [2.75, 3.05) is 0 Å². The molecule has 0 amide bonds. The molecular weight excluding hydrogens is 384 g/mol. The summed E-state index contributed by atoms with van der Waals surface area (Å²) in [6, 6.07) is 14.8. The highest BCUT2D eigenvalue weighted by molar-refractivity contribution is 5.44. The van der Waals surface area contributed by atoms with E-state index in [9.17, 15) is 20.4 Å². The van der Waals surface area contributed by atoms with Gasteiger partial charge in [-0.25, -0.2) is 0 Å².